The number of likely N-dealkylation sites (tertiary alicyclic amines) is 2. The van der Waals surface area contributed by atoms with Gasteiger partial charge in [0.15, 0.2) is 0 Å². The summed E-state index contributed by atoms with van der Waals surface area (Å²) in [5.74, 6) is -0.537. The van der Waals surface area contributed by atoms with E-state index in [9.17, 15) is 9.18 Å². The predicted octanol–water partition coefficient (Wildman–Crippen LogP) is 3.22. The van der Waals surface area contributed by atoms with Crippen molar-refractivity contribution in [2.75, 3.05) is 26.2 Å². The minimum absolute atomic E-state index is 0.162. The third kappa shape index (κ3) is 2.76. The predicted molar refractivity (Wildman–Crippen MR) is 85.5 cm³/mol. The Labute approximate surface area is 132 Å². The van der Waals surface area contributed by atoms with Crippen LogP contribution in [0.4, 0.5) is 4.39 Å². The van der Waals surface area contributed by atoms with Crippen LogP contribution >= 0.6 is 0 Å². The minimum Gasteiger partial charge on any atom is -0.338 e. The van der Waals surface area contributed by atoms with E-state index in [0.29, 0.717) is 5.56 Å². The molecule has 22 heavy (non-hydrogen) atoms. The van der Waals surface area contributed by atoms with Crippen molar-refractivity contribution in [3.8, 4) is 0 Å². The van der Waals surface area contributed by atoms with E-state index in [-0.39, 0.29) is 22.8 Å². The zero-order valence-electron chi connectivity index (χ0n) is 13.6. The van der Waals surface area contributed by atoms with Crippen molar-refractivity contribution in [2.45, 2.75) is 45.1 Å². The lowest BCUT2D eigenvalue weighted by Gasteiger charge is -2.45. The van der Waals surface area contributed by atoms with E-state index in [1.54, 1.807) is 25.1 Å². The molecule has 3 nitrogen and oxygen atoms in total. The van der Waals surface area contributed by atoms with Gasteiger partial charge in [0, 0.05) is 18.6 Å². The number of nitrogens with zero attached hydrogens (tertiary/aromatic N) is 2. The number of rotatable bonds is 2. The third-order valence-corrected chi connectivity index (χ3v) is 5.42. The van der Waals surface area contributed by atoms with Crippen LogP contribution in [-0.4, -0.2) is 47.4 Å². The van der Waals surface area contributed by atoms with E-state index in [1.807, 2.05) is 4.90 Å². The molecule has 0 saturated carbocycles. The Balaban J connectivity index is 1.68. The molecule has 1 amide bonds. The molecule has 1 aromatic rings. The maximum absolute atomic E-state index is 14.1. The largest absolute Gasteiger partial charge is 0.338 e. The van der Waals surface area contributed by atoms with Crippen LogP contribution in [0.15, 0.2) is 18.2 Å². The molecule has 0 spiro atoms. The second-order valence-electron chi connectivity index (χ2n) is 6.92. The Bertz CT molecular complexity index is 558. The fraction of sp³-hybridized carbons (Fsp3) is 0.611. The zero-order chi connectivity index (χ0) is 15.7. The molecule has 0 atom stereocenters. The average Bonchev–Trinajstić information content (AvgIpc) is 3.05. The van der Waals surface area contributed by atoms with Gasteiger partial charge in [-0.1, -0.05) is 12.1 Å². The molecule has 0 N–H and O–H groups in total. The fourth-order valence-corrected chi connectivity index (χ4v) is 3.75. The van der Waals surface area contributed by atoms with Gasteiger partial charge >= 0.3 is 0 Å². The highest BCUT2D eigenvalue weighted by molar-refractivity contribution is 5.94. The highest BCUT2D eigenvalue weighted by Crippen LogP contribution is 2.32. The first kappa shape index (κ1) is 15.5. The number of hydrogen-bond acceptors (Lipinski definition) is 2. The summed E-state index contributed by atoms with van der Waals surface area (Å²) in [6.07, 6.45) is 4.53. The summed E-state index contributed by atoms with van der Waals surface area (Å²) in [6, 6.07) is 5.05. The van der Waals surface area contributed by atoms with E-state index >= 15 is 0 Å². The number of halogens is 1. The van der Waals surface area contributed by atoms with E-state index in [4.69, 9.17) is 0 Å². The average molecular weight is 304 g/mol. The number of aryl methyl sites for hydroxylation is 1. The van der Waals surface area contributed by atoms with Crippen LogP contribution in [0.3, 0.4) is 0 Å². The molecule has 2 heterocycles. The molecule has 0 unspecified atom stereocenters. The topological polar surface area (TPSA) is 23.6 Å². The number of carbonyl (C=O) groups excluding carboxylic acids is 1. The second kappa shape index (κ2) is 5.99. The minimum atomic E-state index is -0.375. The number of benzene rings is 1. The molecule has 2 aliphatic rings. The first-order chi connectivity index (χ1) is 10.5. The smallest absolute Gasteiger partial charge is 0.256 e. The SMILES string of the molecule is Cc1cccc(C(=O)N2CCC(C)(N3CCCC3)CC2)c1F. The lowest BCUT2D eigenvalue weighted by atomic mass is 9.87. The van der Waals surface area contributed by atoms with Gasteiger partial charge in [-0.25, -0.2) is 4.39 Å². The summed E-state index contributed by atoms with van der Waals surface area (Å²) in [4.78, 5) is 17.0. The molecule has 120 valence electrons. The number of amides is 1. The van der Waals surface area contributed by atoms with Crippen LogP contribution in [0.1, 0.15) is 48.5 Å². The van der Waals surface area contributed by atoms with Crippen LogP contribution in [0.25, 0.3) is 0 Å². The Hall–Kier alpha value is -1.42. The van der Waals surface area contributed by atoms with Gasteiger partial charge in [0.05, 0.1) is 5.56 Å². The van der Waals surface area contributed by atoms with Crippen LogP contribution in [0.5, 0.6) is 0 Å². The molecular formula is C18H25FN2O. The first-order valence-electron chi connectivity index (χ1n) is 8.31. The van der Waals surface area contributed by atoms with Crippen molar-refractivity contribution in [1.82, 2.24) is 9.80 Å². The molecule has 4 heteroatoms. The normalized spacial score (nSPS) is 22.0. The highest BCUT2D eigenvalue weighted by atomic mass is 19.1. The quantitative estimate of drug-likeness (QED) is 0.837. The Kier molecular flexibility index (Phi) is 4.22. The monoisotopic (exact) mass is 304 g/mol. The van der Waals surface area contributed by atoms with Gasteiger partial charge in [0.25, 0.3) is 5.91 Å². The van der Waals surface area contributed by atoms with Gasteiger partial charge in [-0.05, 0) is 64.3 Å². The number of hydrogen-bond donors (Lipinski definition) is 0. The van der Waals surface area contributed by atoms with E-state index < -0.39 is 0 Å². The Morgan fingerprint density at radius 2 is 1.77 bits per heavy atom. The van der Waals surface area contributed by atoms with Crippen molar-refractivity contribution in [3.63, 3.8) is 0 Å². The fourth-order valence-electron chi connectivity index (χ4n) is 3.75. The molecule has 0 aliphatic carbocycles. The van der Waals surface area contributed by atoms with E-state index in [1.165, 1.54) is 25.9 Å². The van der Waals surface area contributed by atoms with Crippen molar-refractivity contribution in [3.05, 3.63) is 35.1 Å². The van der Waals surface area contributed by atoms with Crippen LogP contribution in [0, 0.1) is 12.7 Å². The van der Waals surface area contributed by atoms with E-state index in [2.05, 4.69) is 11.8 Å². The maximum atomic E-state index is 14.1. The van der Waals surface area contributed by atoms with Crippen molar-refractivity contribution in [1.29, 1.82) is 0 Å². The molecule has 2 saturated heterocycles. The van der Waals surface area contributed by atoms with Crippen LogP contribution in [0.2, 0.25) is 0 Å². The molecule has 2 fully saturated rings. The summed E-state index contributed by atoms with van der Waals surface area (Å²) >= 11 is 0. The molecule has 0 radical (unpaired) electrons. The molecule has 3 rings (SSSR count). The number of piperidine rings is 1. The molecular weight excluding hydrogens is 279 g/mol. The van der Waals surface area contributed by atoms with Gasteiger partial charge < -0.3 is 4.90 Å². The third-order valence-electron chi connectivity index (χ3n) is 5.42. The zero-order valence-corrected chi connectivity index (χ0v) is 13.6. The summed E-state index contributed by atoms with van der Waals surface area (Å²) in [6.45, 7) is 7.81. The standard InChI is InChI=1S/C18H25FN2O/c1-14-6-5-7-15(16(14)19)17(22)20-12-8-18(2,9-13-20)21-10-3-4-11-21/h5-7H,3-4,8-13H2,1-2H3. The molecule has 0 aromatic heterocycles. The van der Waals surface area contributed by atoms with Gasteiger partial charge in [0.2, 0.25) is 0 Å². The van der Waals surface area contributed by atoms with Gasteiger partial charge in [-0.3, -0.25) is 9.69 Å². The summed E-state index contributed by atoms with van der Waals surface area (Å²) in [5, 5.41) is 0. The van der Waals surface area contributed by atoms with Crippen LogP contribution < -0.4 is 0 Å². The van der Waals surface area contributed by atoms with Gasteiger partial charge in [-0.2, -0.15) is 0 Å². The van der Waals surface area contributed by atoms with Crippen molar-refractivity contribution in [2.24, 2.45) is 0 Å². The summed E-state index contributed by atoms with van der Waals surface area (Å²) in [7, 11) is 0. The Morgan fingerprint density at radius 3 is 2.41 bits per heavy atom. The molecule has 2 aliphatic heterocycles. The van der Waals surface area contributed by atoms with Gasteiger partial charge in [0.1, 0.15) is 5.82 Å². The van der Waals surface area contributed by atoms with E-state index in [0.717, 1.165) is 25.9 Å². The highest BCUT2D eigenvalue weighted by Gasteiger charge is 2.38. The molecule has 0 bridgehead atoms. The lowest BCUT2D eigenvalue weighted by Crippen LogP contribution is -2.53. The summed E-state index contributed by atoms with van der Waals surface area (Å²) < 4.78 is 14.1. The molecule has 1 aromatic carbocycles. The van der Waals surface area contributed by atoms with Crippen LogP contribution in [-0.2, 0) is 0 Å². The van der Waals surface area contributed by atoms with Gasteiger partial charge in [-0.15, -0.1) is 0 Å². The van der Waals surface area contributed by atoms with Crippen molar-refractivity contribution < 1.29 is 9.18 Å². The maximum Gasteiger partial charge on any atom is 0.256 e. The number of carbonyl (C=O) groups is 1. The lowest BCUT2D eigenvalue weighted by molar-refractivity contribution is 0.0403. The first-order valence-corrected chi connectivity index (χ1v) is 8.31. The second-order valence-corrected chi connectivity index (χ2v) is 6.92. The van der Waals surface area contributed by atoms with Crippen molar-refractivity contribution >= 4 is 5.91 Å². The Morgan fingerprint density at radius 1 is 1.14 bits per heavy atom. The summed E-state index contributed by atoms with van der Waals surface area (Å²) in [5.41, 5.74) is 0.952.